The zero-order valence-corrected chi connectivity index (χ0v) is 15.1. The van der Waals surface area contributed by atoms with Crippen LogP contribution in [0.3, 0.4) is 0 Å². The number of hydrogen-bond donors (Lipinski definition) is 0. The van der Waals surface area contributed by atoms with Crippen LogP contribution < -0.4 is 4.18 Å². The van der Waals surface area contributed by atoms with Crippen LogP contribution in [0.5, 0.6) is 5.75 Å². The maximum atomic E-state index is 12.0. The minimum absolute atomic E-state index is 0.0169. The lowest BCUT2D eigenvalue weighted by atomic mass is 10.1. The zero-order chi connectivity index (χ0) is 16.9. The van der Waals surface area contributed by atoms with E-state index in [9.17, 15) is 8.42 Å². The first-order valence-corrected chi connectivity index (χ1v) is 9.73. The number of benzene rings is 2. The SMILES string of the molecule is CCCCCS(=O)(=O)Oc1cccc(-c2cccc(Cl)c2Cl)c1. The molecule has 2 aromatic rings. The molecule has 0 bridgehead atoms. The van der Waals surface area contributed by atoms with Crippen LogP contribution in [-0.4, -0.2) is 14.2 Å². The van der Waals surface area contributed by atoms with Crippen molar-refractivity contribution < 1.29 is 12.6 Å². The van der Waals surface area contributed by atoms with Crippen LogP contribution in [0.25, 0.3) is 11.1 Å². The molecule has 0 saturated carbocycles. The largest absolute Gasteiger partial charge is 0.382 e. The van der Waals surface area contributed by atoms with Gasteiger partial charge < -0.3 is 4.18 Å². The Morgan fingerprint density at radius 3 is 2.52 bits per heavy atom. The van der Waals surface area contributed by atoms with E-state index in [0.29, 0.717) is 16.5 Å². The Kier molecular flexibility index (Phi) is 6.33. The predicted octanol–water partition coefficient (Wildman–Crippen LogP) is 5.56. The summed E-state index contributed by atoms with van der Waals surface area (Å²) in [5, 5.41) is 0.875. The van der Waals surface area contributed by atoms with Gasteiger partial charge in [0, 0.05) is 5.56 Å². The molecule has 0 heterocycles. The molecular formula is C17H18Cl2O3S. The Hall–Kier alpha value is -1.23. The van der Waals surface area contributed by atoms with Crippen molar-refractivity contribution in [2.45, 2.75) is 26.2 Å². The lowest BCUT2D eigenvalue weighted by Gasteiger charge is -2.10. The molecule has 0 aliphatic heterocycles. The summed E-state index contributed by atoms with van der Waals surface area (Å²) < 4.78 is 29.1. The molecule has 0 unspecified atom stereocenters. The Morgan fingerprint density at radius 2 is 1.78 bits per heavy atom. The van der Waals surface area contributed by atoms with E-state index in [-0.39, 0.29) is 11.5 Å². The van der Waals surface area contributed by atoms with Crippen LogP contribution in [0.4, 0.5) is 0 Å². The number of unbranched alkanes of at least 4 members (excludes halogenated alkanes) is 2. The lowest BCUT2D eigenvalue weighted by Crippen LogP contribution is -2.13. The molecule has 0 radical (unpaired) electrons. The van der Waals surface area contributed by atoms with Crippen molar-refractivity contribution in [2.75, 3.05) is 5.75 Å². The summed E-state index contributed by atoms with van der Waals surface area (Å²) in [5.74, 6) is 0.290. The molecule has 0 fully saturated rings. The van der Waals surface area contributed by atoms with Crippen LogP contribution in [0.2, 0.25) is 10.0 Å². The third-order valence-corrected chi connectivity index (χ3v) is 5.37. The van der Waals surface area contributed by atoms with Gasteiger partial charge in [0.25, 0.3) is 0 Å². The summed E-state index contributed by atoms with van der Waals surface area (Å²) in [5.41, 5.74) is 1.48. The summed E-state index contributed by atoms with van der Waals surface area (Å²) >= 11 is 12.2. The van der Waals surface area contributed by atoms with E-state index < -0.39 is 10.1 Å². The van der Waals surface area contributed by atoms with E-state index in [1.165, 1.54) is 0 Å². The zero-order valence-electron chi connectivity index (χ0n) is 12.8. The summed E-state index contributed by atoms with van der Waals surface area (Å²) in [6, 6.07) is 12.1. The van der Waals surface area contributed by atoms with Gasteiger partial charge in [0.1, 0.15) is 5.75 Å². The molecule has 0 atom stereocenters. The molecule has 2 aromatic carbocycles. The van der Waals surface area contributed by atoms with Gasteiger partial charge in [-0.15, -0.1) is 0 Å². The summed E-state index contributed by atoms with van der Waals surface area (Å²) in [7, 11) is -3.58. The fourth-order valence-corrected chi connectivity index (χ4v) is 3.61. The van der Waals surface area contributed by atoms with Crippen LogP contribution in [0.15, 0.2) is 42.5 Å². The molecule has 2 rings (SSSR count). The second-order valence-corrected chi connectivity index (χ2v) is 7.66. The first-order valence-electron chi connectivity index (χ1n) is 7.39. The van der Waals surface area contributed by atoms with Gasteiger partial charge in [0.05, 0.1) is 15.8 Å². The average molecular weight is 373 g/mol. The summed E-state index contributed by atoms with van der Waals surface area (Å²) in [6.45, 7) is 2.02. The van der Waals surface area contributed by atoms with Crippen molar-refractivity contribution in [2.24, 2.45) is 0 Å². The van der Waals surface area contributed by atoms with Gasteiger partial charge in [-0.2, -0.15) is 8.42 Å². The molecule has 23 heavy (non-hydrogen) atoms. The number of hydrogen-bond acceptors (Lipinski definition) is 3. The molecule has 6 heteroatoms. The second-order valence-electron chi connectivity index (χ2n) is 5.18. The van der Waals surface area contributed by atoms with E-state index >= 15 is 0 Å². The molecule has 0 aliphatic rings. The molecule has 124 valence electrons. The van der Waals surface area contributed by atoms with Gasteiger partial charge in [0.2, 0.25) is 0 Å². The highest BCUT2D eigenvalue weighted by atomic mass is 35.5. The highest BCUT2D eigenvalue weighted by molar-refractivity contribution is 7.87. The molecule has 0 aromatic heterocycles. The molecule has 0 aliphatic carbocycles. The fourth-order valence-electron chi connectivity index (χ4n) is 2.16. The van der Waals surface area contributed by atoms with E-state index in [4.69, 9.17) is 27.4 Å². The van der Waals surface area contributed by atoms with Crippen LogP contribution in [0, 0.1) is 0 Å². The Bertz CT molecular complexity index is 773. The van der Waals surface area contributed by atoms with Gasteiger partial charge >= 0.3 is 10.1 Å². The predicted molar refractivity (Wildman–Crippen MR) is 95.8 cm³/mol. The normalized spacial score (nSPS) is 11.4. The Morgan fingerprint density at radius 1 is 1.04 bits per heavy atom. The van der Waals surface area contributed by atoms with Crippen molar-refractivity contribution in [1.29, 1.82) is 0 Å². The maximum Gasteiger partial charge on any atom is 0.309 e. The van der Waals surface area contributed by atoms with Gasteiger partial charge in [0.15, 0.2) is 0 Å². The topological polar surface area (TPSA) is 43.4 Å². The average Bonchev–Trinajstić information content (AvgIpc) is 2.50. The molecule has 3 nitrogen and oxygen atoms in total. The Labute approximate surface area is 147 Å². The Balaban J connectivity index is 2.22. The maximum absolute atomic E-state index is 12.0. The molecule has 0 saturated heterocycles. The second kappa shape index (κ2) is 8.04. The third kappa shape index (κ3) is 5.13. The van der Waals surface area contributed by atoms with Crippen molar-refractivity contribution in [3.8, 4) is 16.9 Å². The van der Waals surface area contributed by atoms with E-state index in [1.807, 2.05) is 19.1 Å². The standard InChI is InChI=1S/C17H18Cl2O3S/c1-2-3-4-11-23(20,21)22-14-8-5-7-13(12-14)15-9-6-10-16(18)17(15)19/h5-10,12H,2-4,11H2,1H3. The van der Waals surface area contributed by atoms with Crippen LogP contribution >= 0.6 is 23.2 Å². The molecule has 0 spiro atoms. The van der Waals surface area contributed by atoms with Crippen molar-refractivity contribution in [1.82, 2.24) is 0 Å². The van der Waals surface area contributed by atoms with Gasteiger partial charge in [-0.3, -0.25) is 0 Å². The minimum atomic E-state index is -3.58. The van der Waals surface area contributed by atoms with Crippen molar-refractivity contribution in [3.05, 3.63) is 52.5 Å². The van der Waals surface area contributed by atoms with E-state index in [2.05, 4.69) is 0 Å². The van der Waals surface area contributed by atoms with Gasteiger partial charge in [-0.1, -0.05) is 67.2 Å². The highest BCUT2D eigenvalue weighted by Crippen LogP contribution is 2.34. The number of rotatable bonds is 7. The first kappa shape index (κ1) is 18.1. The van der Waals surface area contributed by atoms with Crippen LogP contribution in [0.1, 0.15) is 26.2 Å². The molecule has 0 amide bonds. The molecule has 0 N–H and O–H groups in total. The van der Waals surface area contributed by atoms with Crippen molar-refractivity contribution >= 4 is 33.3 Å². The third-order valence-electron chi connectivity index (χ3n) is 3.32. The number of halogens is 2. The van der Waals surface area contributed by atoms with Crippen molar-refractivity contribution in [3.63, 3.8) is 0 Å². The summed E-state index contributed by atoms with van der Waals surface area (Å²) in [6.07, 6.45) is 2.41. The lowest BCUT2D eigenvalue weighted by molar-refractivity contribution is 0.483. The molecular weight excluding hydrogens is 355 g/mol. The fraction of sp³-hybridized carbons (Fsp3) is 0.294. The monoisotopic (exact) mass is 372 g/mol. The first-order chi connectivity index (χ1) is 10.9. The minimum Gasteiger partial charge on any atom is -0.382 e. The van der Waals surface area contributed by atoms with E-state index in [1.54, 1.807) is 30.3 Å². The quantitative estimate of drug-likeness (QED) is 0.471. The highest BCUT2D eigenvalue weighted by Gasteiger charge is 2.14. The van der Waals surface area contributed by atoms with Gasteiger partial charge in [-0.25, -0.2) is 0 Å². The smallest absolute Gasteiger partial charge is 0.309 e. The summed E-state index contributed by atoms with van der Waals surface area (Å²) in [4.78, 5) is 0. The van der Waals surface area contributed by atoms with Crippen LogP contribution in [-0.2, 0) is 10.1 Å². The van der Waals surface area contributed by atoms with Gasteiger partial charge in [-0.05, 0) is 30.2 Å². The van der Waals surface area contributed by atoms with E-state index in [0.717, 1.165) is 24.0 Å².